The van der Waals surface area contributed by atoms with Crippen molar-refractivity contribution in [2.45, 2.75) is 32.5 Å². The second kappa shape index (κ2) is 8.30. The largest absolute Gasteiger partial charge is 0.463 e. The monoisotopic (exact) mass is 458 g/mol. The number of para-hydroxylation sites is 1. The number of aryl methyl sites for hydroxylation is 1. The molecule has 4 aromatic rings. The van der Waals surface area contributed by atoms with E-state index in [1.807, 2.05) is 31.2 Å². The molecule has 0 fully saturated rings. The summed E-state index contributed by atoms with van der Waals surface area (Å²) in [4.78, 5) is 28.9. The number of nitrogens with one attached hydrogen (secondary N) is 1. The minimum Gasteiger partial charge on any atom is -0.463 e. The van der Waals surface area contributed by atoms with Crippen molar-refractivity contribution in [3.8, 4) is 11.5 Å². The molecule has 2 amide bonds. The molecule has 0 unspecified atom stereocenters. The molecular weight excluding hydrogens is 435 g/mol. The topological polar surface area (TPSA) is 80.4 Å². The minimum absolute atomic E-state index is 0.131. The van der Waals surface area contributed by atoms with E-state index >= 15 is 0 Å². The number of furan rings is 1. The zero-order valence-electron chi connectivity index (χ0n) is 18.8. The quantitative estimate of drug-likeness (QED) is 0.483. The Labute approximate surface area is 195 Å². The molecular formula is C26H23FN4O3. The lowest BCUT2D eigenvalue weighted by Crippen LogP contribution is -2.64. The van der Waals surface area contributed by atoms with Gasteiger partial charge in [0.05, 0.1) is 12.8 Å². The van der Waals surface area contributed by atoms with E-state index in [2.05, 4.69) is 10.4 Å². The van der Waals surface area contributed by atoms with E-state index in [4.69, 9.17) is 4.42 Å². The molecule has 1 aliphatic rings. The van der Waals surface area contributed by atoms with Crippen molar-refractivity contribution in [3.05, 3.63) is 95.6 Å². The summed E-state index contributed by atoms with van der Waals surface area (Å²) < 4.78 is 20.6. The average Bonchev–Trinajstić information content (AvgIpc) is 3.49. The zero-order chi connectivity index (χ0) is 23.9. The molecule has 3 heterocycles. The van der Waals surface area contributed by atoms with E-state index in [0.29, 0.717) is 28.4 Å². The Morgan fingerprint density at radius 3 is 2.71 bits per heavy atom. The zero-order valence-corrected chi connectivity index (χ0v) is 18.8. The summed E-state index contributed by atoms with van der Waals surface area (Å²) in [5.74, 6) is -0.545. The normalized spacial score (nSPS) is 17.5. The number of halogens is 1. The molecule has 0 radical (unpaired) electrons. The molecule has 0 spiro atoms. The van der Waals surface area contributed by atoms with E-state index in [1.165, 1.54) is 17.0 Å². The van der Waals surface area contributed by atoms with E-state index in [-0.39, 0.29) is 30.7 Å². The Balaban J connectivity index is 1.55. The number of rotatable bonds is 5. The summed E-state index contributed by atoms with van der Waals surface area (Å²) in [5, 5.41) is 7.43. The van der Waals surface area contributed by atoms with Gasteiger partial charge >= 0.3 is 0 Å². The number of nitrogens with zero attached hydrogens (tertiary/aromatic N) is 3. The molecule has 0 saturated heterocycles. The molecule has 0 bridgehead atoms. The van der Waals surface area contributed by atoms with Crippen LogP contribution in [0.15, 0.2) is 77.4 Å². The van der Waals surface area contributed by atoms with Gasteiger partial charge in [0.2, 0.25) is 5.91 Å². The van der Waals surface area contributed by atoms with Gasteiger partial charge in [-0.05, 0) is 55.3 Å². The van der Waals surface area contributed by atoms with Crippen LogP contribution in [-0.4, -0.2) is 27.1 Å². The lowest BCUT2D eigenvalue weighted by molar-refractivity contribution is -0.126. The van der Waals surface area contributed by atoms with Crippen molar-refractivity contribution < 1.29 is 18.4 Å². The molecule has 5 rings (SSSR count). The number of carbonyl (C=O) groups is 2. The fraction of sp³-hybridized carbons (Fsp3) is 0.192. The van der Waals surface area contributed by atoms with Crippen LogP contribution in [0, 0.1) is 12.7 Å². The van der Waals surface area contributed by atoms with Crippen LogP contribution in [0.25, 0.3) is 11.5 Å². The molecule has 0 saturated carbocycles. The molecule has 2 aromatic heterocycles. The van der Waals surface area contributed by atoms with Crippen molar-refractivity contribution in [1.29, 1.82) is 0 Å². The van der Waals surface area contributed by atoms with E-state index in [9.17, 15) is 14.0 Å². The van der Waals surface area contributed by atoms with Crippen LogP contribution in [0.2, 0.25) is 0 Å². The lowest BCUT2D eigenvalue weighted by atomic mass is 9.93. The number of benzene rings is 2. The van der Waals surface area contributed by atoms with Gasteiger partial charge in [0, 0.05) is 18.3 Å². The van der Waals surface area contributed by atoms with E-state index in [1.54, 1.807) is 48.2 Å². The van der Waals surface area contributed by atoms with Crippen LogP contribution in [-0.2, 0) is 17.9 Å². The van der Waals surface area contributed by atoms with Crippen LogP contribution in [0.4, 0.5) is 10.1 Å². The third kappa shape index (κ3) is 3.67. The Morgan fingerprint density at radius 1 is 1.15 bits per heavy atom. The van der Waals surface area contributed by atoms with Crippen molar-refractivity contribution >= 4 is 17.5 Å². The number of anilines is 1. The van der Waals surface area contributed by atoms with Gasteiger partial charge in [0.25, 0.3) is 5.91 Å². The fourth-order valence-electron chi connectivity index (χ4n) is 4.34. The first-order valence-corrected chi connectivity index (χ1v) is 10.9. The molecule has 172 valence electrons. The summed E-state index contributed by atoms with van der Waals surface area (Å²) in [6.07, 6.45) is 1.54. The van der Waals surface area contributed by atoms with E-state index in [0.717, 1.165) is 5.56 Å². The average molecular weight is 458 g/mol. The highest BCUT2D eigenvalue weighted by atomic mass is 19.1. The first kappa shape index (κ1) is 21.6. The molecule has 34 heavy (non-hydrogen) atoms. The van der Waals surface area contributed by atoms with Crippen LogP contribution < -0.4 is 10.2 Å². The Morgan fingerprint density at radius 2 is 1.97 bits per heavy atom. The molecule has 1 N–H and O–H groups in total. The molecule has 8 heteroatoms. The summed E-state index contributed by atoms with van der Waals surface area (Å²) >= 11 is 0. The summed E-state index contributed by atoms with van der Waals surface area (Å²) in [6.45, 7) is 3.88. The predicted molar refractivity (Wildman–Crippen MR) is 125 cm³/mol. The van der Waals surface area contributed by atoms with Crippen LogP contribution in [0.1, 0.15) is 28.5 Å². The minimum atomic E-state index is -1.28. The molecule has 0 aliphatic carbocycles. The van der Waals surface area contributed by atoms with Crippen LogP contribution in [0.5, 0.6) is 0 Å². The predicted octanol–water partition coefficient (Wildman–Crippen LogP) is 4.33. The number of hydrogen-bond donors (Lipinski definition) is 1. The van der Waals surface area contributed by atoms with Crippen LogP contribution in [0.3, 0.4) is 0 Å². The van der Waals surface area contributed by atoms with Gasteiger partial charge in [-0.1, -0.05) is 30.3 Å². The van der Waals surface area contributed by atoms with Gasteiger partial charge in [0.1, 0.15) is 22.7 Å². The standard InChI is InChI=1S/C26H23FN4O3/c1-17-7-3-4-10-21(17)31-24(32)22-14-20(23-11-6-12-34-23)29-30(22)16-26(31,2)25(33)28-15-18-8-5-9-19(27)13-18/h3-14H,15-16H2,1-2H3,(H,28,33)/t26-/m1/s1. The first-order chi connectivity index (χ1) is 16.4. The van der Waals surface area contributed by atoms with Gasteiger partial charge in [-0.15, -0.1) is 0 Å². The Hall–Kier alpha value is -4.20. The number of aromatic nitrogens is 2. The maximum atomic E-state index is 13.8. The van der Waals surface area contributed by atoms with Crippen molar-refractivity contribution in [1.82, 2.24) is 15.1 Å². The van der Waals surface area contributed by atoms with Crippen molar-refractivity contribution in [2.24, 2.45) is 0 Å². The number of fused-ring (bicyclic) bond motifs is 1. The second-order valence-electron chi connectivity index (χ2n) is 8.56. The SMILES string of the molecule is Cc1ccccc1N1C(=O)c2cc(-c3ccco3)nn2C[C@]1(C)C(=O)NCc1cccc(F)c1. The highest BCUT2D eigenvalue weighted by molar-refractivity contribution is 6.12. The lowest BCUT2D eigenvalue weighted by Gasteiger charge is -2.43. The highest BCUT2D eigenvalue weighted by Gasteiger charge is 2.49. The van der Waals surface area contributed by atoms with Crippen LogP contribution >= 0.6 is 0 Å². The van der Waals surface area contributed by atoms with Gasteiger partial charge in [-0.2, -0.15) is 5.10 Å². The van der Waals surface area contributed by atoms with E-state index < -0.39 is 5.54 Å². The fourth-order valence-corrected chi connectivity index (χ4v) is 4.34. The number of amides is 2. The Bertz CT molecular complexity index is 1380. The maximum absolute atomic E-state index is 13.8. The maximum Gasteiger partial charge on any atom is 0.277 e. The second-order valence-corrected chi connectivity index (χ2v) is 8.56. The van der Waals surface area contributed by atoms with Crippen molar-refractivity contribution in [2.75, 3.05) is 4.90 Å². The molecule has 7 nitrogen and oxygen atoms in total. The number of hydrogen-bond acceptors (Lipinski definition) is 4. The molecule has 2 aromatic carbocycles. The van der Waals surface area contributed by atoms with Crippen molar-refractivity contribution in [3.63, 3.8) is 0 Å². The van der Waals surface area contributed by atoms with Gasteiger partial charge in [-0.25, -0.2) is 4.39 Å². The first-order valence-electron chi connectivity index (χ1n) is 10.9. The third-order valence-electron chi connectivity index (χ3n) is 6.11. The summed E-state index contributed by atoms with van der Waals surface area (Å²) in [6, 6.07) is 18.7. The Kier molecular flexibility index (Phi) is 5.28. The molecule has 1 atom stereocenters. The smallest absolute Gasteiger partial charge is 0.277 e. The third-order valence-corrected chi connectivity index (χ3v) is 6.11. The summed E-state index contributed by atoms with van der Waals surface area (Å²) in [7, 11) is 0. The summed E-state index contributed by atoms with van der Waals surface area (Å²) in [5.41, 5.74) is 1.73. The number of carbonyl (C=O) groups excluding carboxylic acids is 2. The van der Waals surface area contributed by atoms with Gasteiger partial charge in [-0.3, -0.25) is 19.2 Å². The van der Waals surface area contributed by atoms with Gasteiger partial charge in [0.15, 0.2) is 5.76 Å². The van der Waals surface area contributed by atoms with Gasteiger partial charge < -0.3 is 9.73 Å². The molecule has 1 aliphatic heterocycles. The highest BCUT2D eigenvalue weighted by Crippen LogP contribution is 2.35.